The van der Waals surface area contributed by atoms with Crippen LogP contribution in [0.4, 0.5) is 4.39 Å². The highest BCUT2D eigenvalue weighted by molar-refractivity contribution is 5.60. The summed E-state index contributed by atoms with van der Waals surface area (Å²) in [5.74, 6) is -0.334. The van der Waals surface area contributed by atoms with Crippen molar-refractivity contribution in [3.05, 3.63) is 53.5 Å². The number of nitrogens with zero attached hydrogens (tertiary/aromatic N) is 1. The third kappa shape index (κ3) is 3.64. The lowest BCUT2D eigenvalue weighted by Crippen LogP contribution is -2.19. The Balaban J connectivity index is 2.57. The van der Waals surface area contributed by atoms with Crippen LogP contribution in [-0.4, -0.2) is 21.7 Å². The Bertz CT molecular complexity index is 621. The van der Waals surface area contributed by atoms with Crippen molar-refractivity contribution in [2.75, 3.05) is 6.54 Å². The summed E-state index contributed by atoms with van der Waals surface area (Å²) >= 11 is 0. The first kappa shape index (κ1) is 15.6. The number of aliphatic hydroxyl groups is 2. The minimum absolute atomic E-state index is 0.0329. The average molecular weight is 290 g/mol. The lowest BCUT2D eigenvalue weighted by atomic mass is 9.95. The van der Waals surface area contributed by atoms with Gasteiger partial charge in [0.1, 0.15) is 11.9 Å². The zero-order valence-corrected chi connectivity index (χ0v) is 12.0. The monoisotopic (exact) mass is 290 g/mol. The van der Waals surface area contributed by atoms with Crippen LogP contribution >= 0.6 is 0 Å². The van der Waals surface area contributed by atoms with Crippen molar-refractivity contribution in [3.8, 4) is 11.3 Å². The highest BCUT2D eigenvalue weighted by Crippen LogP contribution is 2.27. The van der Waals surface area contributed by atoms with E-state index in [1.165, 1.54) is 12.1 Å². The normalized spacial score (nSPS) is 13.2. The van der Waals surface area contributed by atoms with Gasteiger partial charge in [-0.25, -0.2) is 9.37 Å². The molecule has 21 heavy (non-hydrogen) atoms. The molecule has 1 heterocycles. The largest absolute Gasteiger partial charge is 0.386 e. The van der Waals surface area contributed by atoms with Crippen molar-refractivity contribution in [3.63, 3.8) is 0 Å². The summed E-state index contributed by atoms with van der Waals surface area (Å²) in [7, 11) is 0. The average Bonchev–Trinajstić information content (AvgIpc) is 2.45. The second-order valence-corrected chi connectivity index (χ2v) is 5.48. The second-order valence-electron chi connectivity index (χ2n) is 5.48. The van der Waals surface area contributed by atoms with E-state index in [-0.39, 0.29) is 12.4 Å². The van der Waals surface area contributed by atoms with Gasteiger partial charge in [-0.1, -0.05) is 0 Å². The number of halogens is 1. The standard InChI is InChI=1S/C16H19FN2O2/c1-16(2,21)11-7-13(10-3-5-12(17)6-4-10)19-14(8-11)15(20)9-18/h3-8,15,20-21H,9,18H2,1-2H3. The van der Waals surface area contributed by atoms with E-state index in [4.69, 9.17) is 5.73 Å². The van der Waals surface area contributed by atoms with Crippen molar-refractivity contribution in [1.29, 1.82) is 0 Å². The van der Waals surface area contributed by atoms with Crippen molar-refractivity contribution in [2.45, 2.75) is 25.6 Å². The Morgan fingerprint density at radius 1 is 1.24 bits per heavy atom. The molecule has 0 fully saturated rings. The first-order valence-electron chi connectivity index (χ1n) is 6.70. The van der Waals surface area contributed by atoms with Crippen LogP contribution in [0.25, 0.3) is 11.3 Å². The van der Waals surface area contributed by atoms with Gasteiger partial charge in [-0.05, 0) is 55.8 Å². The van der Waals surface area contributed by atoms with Crippen LogP contribution in [0.2, 0.25) is 0 Å². The lowest BCUT2D eigenvalue weighted by molar-refractivity contribution is 0.0780. The molecule has 112 valence electrons. The zero-order chi connectivity index (χ0) is 15.6. The molecule has 1 atom stereocenters. The molecule has 2 aromatic rings. The smallest absolute Gasteiger partial charge is 0.123 e. The summed E-state index contributed by atoms with van der Waals surface area (Å²) in [4.78, 5) is 4.35. The molecule has 0 amide bonds. The number of pyridine rings is 1. The Kier molecular flexibility index (Phi) is 4.37. The van der Waals surface area contributed by atoms with Gasteiger partial charge >= 0.3 is 0 Å². The molecule has 1 aromatic carbocycles. The molecular weight excluding hydrogens is 271 g/mol. The minimum Gasteiger partial charge on any atom is -0.386 e. The third-order valence-corrected chi connectivity index (χ3v) is 3.26. The van der Waals surface area contributed by atoms with Crippen LogP contribution in [0.5, 0.6) is 0 Å². The summed E-state index contributed by atoms with van der Waals surface area (Å²) < 4.78 is 13.0. The molecule has 0 bridgehead atoms. The lowest BCUT2D eigenvalue weighted by Gasteiger charge is -2.21. The zero-order valence-electron chi connectivity index (χ0n) is 12.0. The van der Waals surface area contributed by atoms with Crippen LogP contribution < -0.4 is 5.73 Å². The maximum Gasteiger partial charge on any atom is 0.123 e. The van der Waals surface area contributed by atoms with Crippen molar-refractivity contribution >= 4 is 0 Å². The van der Waals surface area contributed by atoms with Gasteiger partial charge in [0.2, 0.25) is 0 Å². The molecule has 0 spiro atoms. The highest BCUT2D eigenvalue weighted by Gasteiger charge is 2.20. The van der Waals surface area contributed by atoms with Crippen molar-refractivity contribution < 1.29 is 14.6 Å². The first-order chi connectivity index (χ1) is 9.81. The molecule has 2 rings (SSSR count). The quantitative estimate of drug-likeness (QED) is 0.805. The van der Waals surface area contributed by atoms with Gasteiger partial charge in [-0.15, -0.1) is 0 Å². The van der Waals surface area contributed by atoms with E-state index < -0.39 is 11.7 Å². The number of benzene rings is 1. The van der Waals surface area contributed by atoms with Gasteiger partial charge in [0.15, 0.2) is 0 Å². The summed E-state index contributed by atoms with van der Waals surface area (Å²) in [5, 5.41) is 20.1. The fourth-order valence-corrected chi connectivity index (χ4v) is 1.97. The van der Waals surface area contributed by atoms with Gasteiger partial charge in [-0.3, -0.25) is 0 Å². The summed E-state index contributed by atoms with van der Waals surface area (Å²) in [6.07, 6.45) is -0.911. The van der Waals surface area contributed by atoms with E-state index in [9.17, 15) is 14.6 Å². The molecular formula is C16H19FN2O2. The van der Waals surface area contributed by atoms with E-state index in [0.717, 1.165) is 0 Å². The summed E-state index contributed by atoms with van der Waals surface area (Å²) in [5.41, 5.74) is 6.64. The molecule has 0 saturated carbocycles. The van der Waals surface area contributed by atoms with E-state index in [1.807, 2.05) is 0 Å². The number of hydrogen-bond acceptors (Lipinski definition) is 4. The molecule has 0 aliphatic carbocycles. The van der Waals surface area contributed by atoms with Crippen LogP contribution in [-0.2, 0) is 5.60 Å². The van der Waals surface area contributed by atoms with Crippen molar-refractivity contribution in [1.82, 2.24) is 4.98 Å². The predicted octanol–water partition coefficient (Wildman–Crippen LogP) is 2.11. The topological polar surface area (TPSA) is 79.4 Å². The maximum absolute atomic E-state index is 13.0. The fourth-order valence-electron chi connectivity index (χ4n) is 1.97. The van der Waals surface area contributed by atoms with Gasteiger partial charge in [0.25, 0.3) is 0 Å². The fraction of sp³-hybridized carbons (Fsp3) is 0.312. The van der Waals surface area contributed by atoms with Crippen molar-refractivity contribution in [2.24, 2.45) is 5.73 Å². The molecule has 5 heteroatoms. The van der Waals surface area contributed by atoms with E-state index >= 15 is 0 Å². The number of hydrogen-bond donors (Lipinski definition) is 3. The van der Waals surface area contributed by atoms with E-state index in [0.29, 0.717) is 22.5 Å². The molecule has 0 aliphatic heterocycles. The summed E-state index contributed by atoms with van der Waals surface area (Å²) in [6.45, 7) is 3.33. The minimum atomic E-state index is -1.08. The number of nitrogens with two attached hydrogens (primary N) is 1. The molecule has 4 nitrogen and oxygen atoms in total. The maximum atomic E-state index is 13.0. The number of rotatable bonds is 4. The predicted molar refractivity (Wildman–Crippen MR) is 78.9 cm³/mol. The Labute approximate surface area is 123 Å². The van der Waals surface area contributed by atoms with Gasteiger partial charge in [0.05, 0.1) is 17.0 Å². The first-order valence-corrected chi connectivity index (χ1v) is 6.70. The SMILES string of the molecule is CC(C)(O)c1cc(-c2ccc(F)cc2)nc(C(O)CN)c1. The van der Waals surface area contributed by atoms with Gasteiger partial charge < -0.3 is 15.9 Å². The molecule has 0 saturated heterocycles. The molecule has 1 unspecified atom stereocenters. The van der Waals surface area contributed by atoms with Gasteiger partial charge in [0, 0.05) is 12.1 Å². The Hall–Kier alpha value is -1.82. The van der Waals surface area contributed by atoms with Crippen LogP contribution in [0, 0.1) is 5.82 Å². The molecule has 4 N–H and O–H groups in total. The van der Waals surface area contributed by atoms with Crippen LogP contribution in [0.1, 0.15) is 31.2 Å². The summed E-state index contributed by atoms with van der Waals surface area (Å²) in [6, 6.07) is 9.24. The van der Waals surface area contributed by atoms with Crippen LogP contribution in [0.3, 0.4) is 0 Å². The van der Waals surface area contributed by atoms with E-state index in [2.05, 4.69) is 4.98 Å². The molecule has 0 radical (unpaired) electrons. The van der Waals surface area contributed by atoms with E-state index in [1.54, 1.807) is 38.1 Å². The highest BCUT2D eigenvalue weighted by atomic mass is 19.1. The second kappa shape index (κ2) is 5.89. The molecule has 1 aromatic heterocycles. The Morgan fingerprint density at radius 2 is 1.86 bits per heavy atom. The third-order valence-electron chi connectivity index (χ3n) is 3.26. The number of aliphatic hydroxyl groups excluding tert-OH is 1. The van der Waals surface area contributed by atoms with Gasteiger partial charge in [-0.2, -0.15) is 0 Å². The number of aromatic nitrogens is 1. The van der Waals surface area contributed by atoms with Crippen LogP contribution in [0.15, 0.2) is 36.4 Å². The Morgan fingerprint density at radius 3 is 2.38 bits per heavy atom. The molecule has 0 aliphatic rings.